The van der Waals surface area contributed by atoms with Crippen LogP contribution < -0.4 is 10.1 Å². The van der Waals surface area contributed by atoms with Crippen molar-refractivity contribution in [2.75, 3.05) is 18.2 Å². The Kier molecular flexibility index (Phi) is 6.20. The van der Waals surface area contributed by atoms with E-state index in [1.54, 1.807) is 31.4 Å². The normalized spacial score (nSPS) is 13.8. The lowest BCUT2D eigenvalue weighted by molar-refractivity contribution is -0.137. The summed E-state index contributed by atoms with van der Waals surface area (Å²) in [5.74, 6) is 0.0747. The maximum Gasteiger partial charge on any atom is 0.416 e. The van der Waals surface area contributed by atoms with Gasteiger partial charge < -0.3 is 15.2 Å². The number of halogens is 3. The highest BCUT2D eigenvalue weighted by Crippen LogP contribution is 2.30. The third-order valence-electron chi connectivity index (χ3n) is 3.54. The summed E-state index contributed by atoms with van der Waals surface area (Å²) in [6.07, 6.45) is -4.44. The summed E-state index contributed by atoms with van der Waals surface area (Å²) in [5, 5.41) is 12.8. The Morgan fingerprint density at radius 3 is 2.19 bits per heavy atom. The molecule has 0 aliphatic rings. The summed E-state index contributed by atoms with van der Waals surface area (Å²) >= 11 is 1.28. The van der Waals surface area contributed by atoms with Crippen molar-refractivity contribution in [1.82, 2.24) is 0 Å². The number of carbonyl (C=O) groups excluding carboxylic acids is 1. The van der Waals surface area contributed by atoms with Gasteiger partial charge >= 0.3 is 6.18 Å². The summed E-state index contributed by atoms with van der Waals surface area (Å²) in [6.45, 7) is 1.35. The molecule has 1 amide bonds. The molecule has 26 heavy (non-hydrogen) atoms. The predicted molar refractivity (Wildman–Crippen MR) is 94.4 cm³/mol. The van der Waals surface area contributed by atoms with Crippen LogP contribution in [0.1, 0.15) is 12.5 Å². The van der Waals surface area contributed by atoms with Crippen molar-refractivity contribution in [2.24, 2.45) is 0 Å². The lowest BCUT2D eigenvalue weighted by Crippen LogP contribution is -2.42. The van der Waals surface area contributed by atoms with Gasteiger partial charge in [-0.1, -0.05) is 0 Å². The average Bonchev–Trinajstić information content (AvgIpc) is 2.60. The molecule has 0 unspecified atom stereocenters. The topological polar surface area (TPSA) is 58.6 Å². The highest BCUT2D eigenvalue weighted by molar-refractivity contribution is 7.99. The van der Waals surface area contributed by atoms with Gasteiger partial charge in [0.2, 0.25) is 0 Å². The number of nitrogens with one attached hydrogen (secondary N) is 1. The van der Waals surface area contributed by atoms with Crippen LogP contribution in [-0.4, -0.2) is 29.5 Å². The molecular weight excluding hydrogens is 367 g/mol. The molecule has 2 aromatic carbocycles. The lowest BCUT2D eigenvalue weighted by atomic mass is 10.1. The zero-order chi connectivity index (χ0) is 19.4. The van der Waals surface area contributed by atoms with Crippen molar-refractivity contribution >= 4 is 23.4 Å². The molecule has 0 bridgehead atoms. The Morgan fingerprint density at radius 1 is 1.12 bits per heavy atom. The summed E-state index contributed by atoms with van der Waals surface area (Å²) in [5.41, 5.74) is -2.33. The van der Waals surface area contributed by atoms with Crippen molar-refractivity contribution in [3.8, 4) is 5.75 Å². The number of thioether (sulfide) groups is 1. The van der Waals surface area contributed by atoms with Crippen molar-refractivity contribution in [3.63, 3.8) is 0 Å². The smallest absolute Gasteiger partial charge is 0.416 e. The summed E-state index contributed by atoms with van der Waals surface area (Å²) < 4.78 is 42.7. The molecule has 1 atom stereocenters. The first-order chi connectivity index (χ1) is 12.1. The van der Waals surface area contributed by atoms with Gasteiger partial charge in [-0.2, -0.15) is 13.2 Å². The second-order valence-electron chi connectivity index (χ2n) is 5.77. The molecule has 2 aromatic rings. The molecule has 8 heteroatoms. The number of benzene rings is 2. The molecule has 0 aliphatic heterocycles. The fourth-order valence-electron chi connectivity index (χ4n) is 1.97. The predicted octanol–water partition coefficient (Wildman–Crippen LogP) is 4.20. The number of ether oxygens (including phenoxy) is 1. The quantitative estimate of drug-likeness (QED) is 0.732. The number of amides is 1. The van der Waals surface area contributed by atoms with Crippen LogP contribution in [0.5, 0.6) is 5.75 Å². The van der Waals surface area contributed by atoms with E-state index in [0.717, 1.165) is 29.2 Å². The van der Waals surface area contributed by atoms with Crippen LogP contribution in [0.25, 0.3) is 0 Å². The van der Waals surface area contributed by atoms with Crippen LogP contribution in [0.15, 0.2) is 53.4 Å². The number of aliphatic hydroxyl groups is 1. The molecule has 0 heterocycles. The van der Waals surface area contributed by atoms with Gasteiger partial charge in [0, 0.05) is 16.3 Å². The second kappa shape index (κ2) is 8.01. The minimum atomic E-state index is -4.44. The number of rotatable bonds is 6. The minimum Gasteiger partial charge on any atom is -0.497 e. The van der Waals surface area contributed by atoms with Crippen LogP contribution in [0, 0.1) is 0 Å². The number of alkyl halides is 3. The Morgan fingerprint density at radius 2 is 1.69 bits per heavy atom. The maximum atomic E-state index is 12.5. The van der Waals surface area contributed by atoms with Gasteiger partial charge in [-0.05, 0) is 55.5 Å². The Balaban J connectivity index is 1.95. The molecule has 0 spiro atoms. The van der Waals surface area contributed by atoms with Crippen LogP contribution in [0.4, 0.5) is 18.9 Å². The van der Waals surface area contributed by atoms with Crippen molar-refractivity contribution < 1.29 is 27.8 Å². The lowest BCUT2D eigenvalue weighted by Gasteiger charge is -2.22. The summed E-state index contributed by atoms with van der Waals surface area (Å²) in [4.78, 5) is 13.1. The van der Waals surface area contributed by atoms with Crippen molar-refractivity contribution in [2.45, 2.75) is 23.6 Å². The number of anilines is 1. The van der Waals surface area contributed by atoms with Gasteiger partial charge in [-0.25, -0.2) is 0 Å². The fraction of sp³-hybridized carbons (Fsp3) is 0.278. The Labute approximate surface area is 153 Å². The van der Waals surface area contributed by atoms with E-state index in [0.29, 0.717) is 5.75 Å². The second-order valence-corrected chi connectivity index (χ2v) is 6.82. The first-order valence-electron chi connectivity index (χ1n) is 7.60. The Bertz CT molecular complexity index is 744. The molecule has 0 aromatic heterocycles. The number of carbonyl (C=O) groups is 1. The standard InChI is InChI=1S/C18H18F3NO3S/c1-17(24,11-26-15-9-7-14(25-2)8-10-15)16(23)22-13-5-3-12(4-6-13)18(19,20)21/h3-10,24H,11H2,1-2H3,(H,22,23)/t17-/m0/s1. The fourth-order valence-corrected chi connectivity index (χ4v) is 2.88. The number of methoxy groups -OCH3 is 1. The van der Waals surface area contributed by atoms with E-state index in [1.807, 2.05) is 0 Å². The largest absolute Gasteiger partial charge is 0.497 e. The van der Waals surface area contributed by atoms with Crippen molar-refractivity contribution in [1.29, 1.82) is 0 Å². The van der Waals surface area contributed by atoms with Gasteiger partial charge in [0.15, 0.2) is 0 Å². The van der Waals surface area contributed by atoms with Crippen LogP contribution in [0.3, 0.4) is 0 Å². The SMILES string of the molecule is COc1ccc(SC[C@](C)(O)C(=O)Nc2ccc(C(F)(F)F)cc2)cc1. The summed E-state index contributed by atoms with van der Waals surface area (Å²) in [7, 11) is 1.55. The molecule has 0 saturated heterocycles. The zero-order valence-corrected chi connectivity index (χ0v) is 14.9. The van der Waals surface area contributed by atoms with Crippen molar-refractivity contribution in [3.05, 3.63) is 54.1 Å². The molecular formula is C18H18F3NO3S. The highest BCUT2D eigenvalue weighted by Gasteiger charge is 2.32. The summed E-state index contributed by atoms with van der Waals surface area (Å²) in [6, 6.07) is 11.2. The van der Waals surface area contributed by atoms with E-state index in [1.165, 1.54) is 18.7 Å². The average molecular weight is 385 g/mol. The molecule has 0 saturated carbocycles. The molecule has 140 valence electrons. The first kappa shape index (κ1) is 20.1. The highest BCUT2D eigenvalue weighted by atomic mass is 32.2. The minimum absolute atomic E-state index is 0.0752. The molecule has 2 rings (SSSR count). The van der Waals surface area contributed by atoms with Crippen LogP contribution in [0.2, 0.25) is 0 Å². The van der Waals surface area contributed by atoms with Crippen LogP contribution >= 0.6 is 11.8 Å². The van der Waals surface area contributed by atoms with Gasteiger partial charge in [-0.15, -0.1) is 11.8 Å². The Hall–Kier alpha value is -2.19. The maximum absolute atomic E-state index is 12.5. The third kappa shape index (κ3) is 5.40. The molecule has 4 nitrogen and oxygen atoms in total. The molecule has 0 aliphatic carbocycles. The van der Waals surface area contributed by atoms with E-state index in [2.05, 4.69) is 5.32 Å². The van der Waals surface area contributed by atoms with E-state index in [4.69, 9.17) is 4.74 Å². The molecule has 2 N–H and O–H groups in total. The number of hydrogen-bond donors (Lipinski definition) is 2. The van der Waals surface area contributed by atoms with Gasteiger partial charge in [0.25, 0.3) is 5.91 Å². The monoisotopic (exact) mass is 385 g/mol. The van der Waals surface area contributed by atoms with Crippen LogP contribution in [-0.2, 0) is 11.0 Å². The van der Waals surface area contributed by atoms with E-state index in [-0.39, 0.29) is 11.4 Å². The molecule has 0 radical (unpaired) electrons. The van der Waals surface area contributed by atoms with E-state index < -0.39 is 23.2 Å². The zero-order valence-electron chi connectivity index (χ0n) is 14.1. The number of hydrogen-bond acceptors (Lipinski definition) is 4. The van der Waals surface area contributed by atoms with E-state index in [9.17, 15) is 23.1 Å². The van der Waals surface area contributed by atoms with Gasteiger partial charge in [-0.3, -0.25) is 4.79 Å². The van der Waals surface area contributed by atoms with Gasteiger partial charge in [0.05, 0.1) is 12.7 Å². The first-order valence-corrected chi connectivity index (χ1v) is 8.58. The van der Waals surface area contributed by atoms with Gasteiger partial charge in [0.1, 0.15) is 11.4 Å². The third-order valence-corrected chi connectivity index (χ3v) is 4.85. The molecule has 0 fully saturated rings. The van der Waals surface area contributed by atoms with E-state index >= 15 is 0 Å².